The molecule has 0 nitrogen and oxygen atoms in total. The molecule has 0 heteroatoms. The van der Waals surface area contributed by atoms with E-state index < -0.39 is 0 Å². The molecule has 0 amide bonds. The van der Waals surface area contributed by atoms with Gasteiger partial charge in [0.1, 0.15) is 0 Å². The van der Waals surface area contributed by atoms with E-state index in [2.05, 4.69) is 72.8 Å². The van der Waals surface area contributed by atoms with Crippen molar-refractivity contribution in [1.29, 1.82) is 0 Å². The maximum atomic E-state index is 2.46. The Labute approximate surface area is 163 Å². The number of hydrogen-bond donors (Lipinski definition) is 0. The molecule has 0 spiro atoms. The van der Waals surface area contributed by atoms with E-state index in [0.717, 1.165) is 41.9 Å². The van der Waals surface area contributed by atoms with Crippen molar-refractivity contribution in [3.8, 4) is 0 Å². The Balaban J connectivity index is 1.14. The Hall–Kier alpha value is -2.08. The first-order valence-corrected chi connectivity index (χ1v) is 10.9. The molecule has 0 aliphatic heterocycles. The molecule has 2 aromatic rings. The summed E-state index contributed by atoms with van der Waals surface area (Å²) in [5.41, 5.74) is 5.98. The predicted molar refractivity (Wildman–Crippen MR) is 112 cm³/mol. The van der Waals surface area contributed by atoms with Crippen molar-refractivity contribution in [2.45, 2.75) is 43.9 Å². The second kappa shape index (κ2) is 6.23. The maximum Gasteiger partial charge on any atom is -0.00258 e. The molecule has 6 atom stereocenters. The second-order valence-electron chi connectivity index (χ2n) is 9.43. The second-order valence-corrected chi connectivity index (χ2v) is 9.43. The Morgan fingerprint density at radius 2 is 0.963 bits per heavy atom. The van der Waals surface area contributed by atoms with Crippen molar-refractivity contribution in [3.63, 3.8) is 0 Å². The fraction of sp³-hybridized carbons (Fsp3) is 0.407. The van der Waals surface area contributed by atoms with Crippen LogP contribution in [0.2, 0.25) is 0 Å². The van der Waals surface area contributed by atoms with Gasteiger partial charge in [0.2, 0.25) is 0 Å². The molecule has 0 heterocycles. The minimum atomic E-state index is 0.768. The van der Waals surface area contributed by atoms with Gasteiger partial charge in [0.25, 0.3) is 0 Å². The first-order chi connectivity index (χ1) is 13.3. The van der Waals surface area contributed by atoms with Gasteiger partial charge < -0.3 is 0 Å². The molecule has 2 fully saturated rings. The van der Waals surface area contributed by atoms with Gasteiger partial charge in [0.15, 0.2) is 0 Å². The van der Waals surface area contributed by atoms with Crippen LogP contribution in [0, 0.1) is 23.7 Å². The fourth-order valence-electron chi connectivity index (χ4n) is 6.33. The minimum absolute atomic E-state index is 0.768. The average Bonchev–Trinajstić information content (AvgIpc) is 3.50. The Morgan fingerprint density at radius 3 is 1.30 bits per heavy atom. The van der Waals surface area contributed by atoms with Crippen molar-refractivity contribution in [2.24, 2.45) is 23.7 Å². The lowest BCUT2D eigenvalue weighted by molar-refractivity contribution is 0.585. The summed E-state index contributed by atoms with van der Waals surface area (Å²) in [6.45, 7) is 0. The zero-order valence-electron chi connectivity index (χ0n) is 15.9. The van der Waals surface area contributed by atoms with Gasteiger partial charge in [0, 0.05) is 0 Å². The molecule has 0 saturated heterocycles. The van der Waals surface area contributed by atoms with Crippen LogP contribution >= 0.6 is 0 Å². The van der Waals surface area contributed by atoms with Crippen molar-refractivity contribution < 1.29 is 0 Å². The minimum Gasteiger partial charge on any atom is -0.0851 e. The summed E-state index contributed by atoms with van der Waals surface area (Å²) in [4.78, 5) is 0. The van der Waals surface area contributed by atoms with Gasteiger partial charge in [-0.1, -0.05) is 72.8 Å². The Kier molecular flexibility index (Phi) is 3.67. The summed E-state index contributed by atoms with van der Waals surface area (Å²) in [7, 11) is 0. The van der Waals surface area contributed by atoms with Gasteiger partial charge >= 0.3 is 0 Å². The van der Waals surface area contributed by atoms with Gasteiger partial charge in [-0.15, -0.1) is 0 Å². The lowest BCUT2D eigenvalue weighted by Crippen LogP contribution is -2.05. The zero-order valence-corrected chi connectivity index (χ0v) is 15.9. The largest absolute Gasteiger partial charge is 0.0851 e. The predicted octanol–water partition coefficient (Wildman–Crippen LogP) is 6.64. The molecule has 6 rings (SSSR count). The number of allylic oxidation sites excluding steroid dienone is 4. The van der Waals surface area contributed by atoms with Crippen LogP contribution in [-0.2, 0) is 6.42 Å². The summed E-state index contributed by atoms with van der Waals surface area (Å²) < 4.78 is 0. The third-order valence-corrected chi connectivity index (χ3v) is 7.78. The normalized spacial score (nSPS) is 35.4. The highest BCUT2D eigenvalue weighted by Gasteiger charge is 2.37. The van der Waals surface area contributed by atoms with Crippen LogP contribution in [0.25, 0.3) is 0 Å². The third kappa shape index (κ3) is 2.81. The standard InChI is InChI=1S/C27H28/c1-7-22(26-16-20-5-11-24(26)14-20)8-2-18(1)13-19-3-9-23(10-4-19)27-17-21-6-12-25(27)15-21/h1-12,20-21,24-27H,13-17H2. The van der Waals surface area contributed by atoms with E-state index in [-0.39, 0.29) is 0 Å². The molecule has 2 aromatic carbocycles. The molecule has 27 heavy (non-hydrogen) atoms. The molecule has 0 radical (unpaired) electrons. The van der Waals surface area contributed by atoms with Crippen LogP contribution in [-0.4, -0.2) is 0 Å². The van der Waals surface area contributed by atoms with Crippen LogP contribution in [0.1, 0.15) is 59.8 Å². The monoisotopic (exact) mass is 352 g/mol. The molecule has 6 unspecified atom stereocenters. The van der Waals surface area contributed by atoms with Gasteiger partial charge in [-0.25, -0.2) is 0 Å². The van der Waals surface area contributed by atoms with Gasteiger partial charge in [0.05, 0.1) is 0 Å². The summed E-state index contributed by atoms with van der Waals surface area (Å²) in [6.07, 6.45) is 16.3. The van der Waals surface area contributed by atoms with Crippen molar-refractivity contribution in [2.75, 3.05) is 0 Å². The smallest absolute Gasteiger partial charge is 0.00258 e. The topological polar surface area (TPSA) is 0 Å². The van der Waals surface area contributed by atoms with Gasteiger partial charge in [-0.2, -0.15) is 0 Å². The summed E-state index contributed by atoms with van der Waals surface area (Å²) in [5, 5.41) is 0. The van der Waals surface area contributed by atoms with Crippen LogP contribution in [0.5, 0.6) is 0 Å². The SMILES string of the molecule is C1=CC2CC1CC2c1ccc(Cc2ccc(C3CC4C=CC3C4)cc2)cc1. The van der Waals surface area contributed by atoms with E-state index in [1.54, 1.807) is 11.1 Å². The van der Waals surface area contributed by atoms with Crippen LogP contribution in [0.15, 0.2) is 72.8 Å². The van der Waals surface area contributed by atoms with Gasteiger partial charge in [-0.05, 0) is 89.9 Å². The molecule has 0 aromatic heterocycles. The van der Waals surface area contributed by atoms with Crippen molar-refractivity contribution in [3.05, 3.63) is 95.1 Å². The van der Waals surface area contributed by atoms with E-state index in [9.17, 15) is 0 Å². The van der Waals surface area contributed by atoms with E-state index in [1.165, 1.54) is 36.8 Å². The summed E-state index contributed by atoms with van der Waals surface area (Å²) in [5.74, 6) is 4.84. The molecule has 0 N–H and O–H groups in total. The lowest BCUT2D eigenvalue weighted by Gasteiger charge is -2.19. The molecular formula is C27H28. The highest BCUT2D eigenvalue weighted by molar-refractivity contribution is 5.35. The zero-order chi connectivity index (χ0) is 17.8. The lowest BCUT2D eigenvalue weighted by atomic mass is 9.85. The molecule has 4 aliphatic rings. The van der Waals surface area contributed by atoms with Crippen molar-refractivity contribution in [1.82, 2.24) is 0 Å². The molecule has 4 aliphatic carbocycles. The Bertz CT molecular complexity index is 807. The number of benzene rings is 2. The van der Waals surface area contributed by atoms with Gasteiger partial charge in [-0.3, -0.25) is 0 Å². The first-order valence-electron chi connectivity index (χ1n) is 10.9. The van der Waals surface area contributed by atoms with E-state index in [4.69, 9.17) is 0 Å². The Morgan fingerprint density at radius 1 is 0.519 bits per heavy atom. The average molecular weight is 353 g/mol. The van der Waals surface area contributed by atoms with Crippen molar-refractivity contribution >= 4 is 0 Å². The molecular weight excluding hydrogens is 324 g/mol. The molecule has 4 bridgehead atoms. The molecule has 2 saturated carbocycles. The maximum absolute atomic E-state index is 2.46. The number of fused-ring (bicyclic) bond motifs is 4. The molecule has 136 valence electrons. The first kappa shape index (κ1) is 15.9. The van der Waals surface area contributed by atoms with Crippen LogP contribution < -0.4 is 0 Å². The highest BCUT2D eigenvalue weighted by atomic mass is 14.4. The number of rotatable bonds is 4. The van der Waals surface area contributed by atoms with E-state index >= 15 is 0 Å². The van der Waals surface area contributed by atoms with E-state index in [1.807, 2.05) is 0 Å². The number of hydrogen-bond acceptors (Lipinski definition) is 0. The van der Waals surface area contributed by atoms with E-state index in [0.29, 0.717) is 0 Å². The highest BCUT2D eigenvalue weighted by Crippen LogP contribution is 2.49. The van der Waals surface area contributed by atoms with Crippen LogP contribution in [0.3, 0.4) is 0 Å². The fourth-order valence-corrected chi connectivity index (χ4v) is 6.33. The van der Waals surface area contributed by atoms with Crippen LogP contribution in [0.4, 0.5) is 0 Å². The quantitative estimate of drug-likeness (QED) is 0.541. The summed E-state index contributed by atoms with van der Waals surface area (Å²) >= 11 is 0. The third-order valence-electron chi connectivity index (χ3n) is 7.78. The summed E-state index contributed by atoms with van der Waals surface area (Å²) in [6, 6.07) is 19.0.